The van der Waals surface area contributed by atoms with Crippen LogP contribution in [0.15, 0.2) is 65.6 Å². The number of hydrogen-bond donors (Lipinski definition) is 2. The van der Waals surface area contributed by atoms with Gasteiger partial charge in [0.1, 0.15) is 6.61 Å². The van der Waals surface area contributed by atoms with E-state index >= 15 is 0 Å². The smallest absolute Gasteiger partial charge is 0.408 e. The molecule has 2 N–H and O–H groups in total. The van der Waals surface area contributed by atoms with E-state index in [0.29, 0.717) is 10.9 Å². The molecule has 0 atom stereocenters. The van der Waals surface area contributed by atoms with E-state index in [-0.39, 0.29) is 18.6 Å². The molecular formula is C20H16N2O3. The fourth-order valence-electron chi connectivity index (χ4n) is 2.29. The Morgan fingerprint density at radius 1 is 1.12 bits per heavy atom. The van der Waals surface area contributed by atoms with Crippen LogP contribution in [0.25, 0.3) is 10.9 Å². The minimum Gasteiger partial charge on any atom is -0.445 e. The number of ether oxygens (including phenoxy) is 1. The molecule has 0 aliphatic rings. The number of alkyl carbamates (subject to hydrolysis) is 1. The third-order valence-corrected chi connectivity index (χ3v) is 3.53. The molecule has 0 aliphatic heterocycles. The van der Waals surface area contributed by atoms with Gasteiger partial charge in [-0.1, -0.05) is 42.2 Å². The van der Waals surface area contributed by atoms with Gasteiger partial charge in [-0.05, 0) is 23.8 Å². The molecule has 25 heavy (non-hydrogen) atoms. The molecule has 2 aromatic carbocycles. The van der Waals surface area contributed by atoms with Crippen LogP contribution in [-0.2, 0) is 11.3 Å². The summed E-state index contributed by atoms with van der Waals surface area (Å²) < 4.78 is 5.09. The van der Waals surface area contributed by atoms with Gasteiger partial charge in [-0.3, -0.25) is 4.79 Å². The second kappa shape index (κ2) is 7.84. The number of carbonyl (C=O) groups excluding carboxylic acids is 1. The average molecular weight is 332 g/mol. The third kappa shape index (κ3) is 4.49. The van der Waals surface area contributed by atoms with E-state index in [4.69, 9.17) is 4.74 Å². The maximum Gasteiger partial charge on any atom is 0.408 e. The van der Waals surface area contributed by atoms with E-state index in [1.54, 1.807) is 12.3 Å². The highest BCUT2D eigenvalue weighted by Crippen LogP contribution is 2.08. The second-order valence-electron chi connectivity index (χ2n) is 5.32. The molecule has 0 fully saturated rings. The first-order valence-corrected chi connectivity index (χ1v) is 7.77. The lowest BCUT2D eigenvalue weighted by Crippen LogP contribution is -2.24. The van der Waals surface area contributed by atoms with Crippen LogP contribution in [-0.4, -0.2) is 17.6 Å². The van der Waals surface area contributed by atoms with E-state index in [2.05, 4.69) is 22.1 Å². The summed E-state index contributed by atoms with van der Waals surface area (Å²) in [5.41, 5.74) is 2.34. The van der Waals surface area contributed by atoms with Crippen molar-refractivity contribution in [2.75, 3.05) is 6.54 Å². The van der Waals surface area contributed by atoms with Gasteiger partial charge in [-0.15, -0.1) is 0 Å². The molecule has 5 heteroatoms. The molecule has 1 heterocycles. The molecule has 3 aromatic rings. The molecule has 124 valence electrons. The van der Waals surface area contributed by atoms with Crippen molar-refractivity contribution < 1.29 is 9.53 Å². The number of hydrogen-bond acceptors (Lipinski definition) is 3. The van der Waals surface area contributed by atoms with Crippen LogP contribution >= 0.6 is 0 Å². The Balaban J connectivity index is 1.53. The van der Waals surface area contributed by atoms with Crippen LogP contribution in [0, 0.1) is 11.8 Å². The van der Waals surface area contributed by atoms with Crippen molar-refractivity contribution in [3.63, 3.8) is 0 Å². The van der Waals surface area contributed by atoms with Crippen LogP contribution in [0.4, 0.5) is 4.79 Å². The summed E-state index contributed by atoms with van der Waals surface area (Å²) >= 11 is 0. The molecule has 0 saturated heterocycles. The van der Waals surface area contributed by atoms with Crippen LogP contribution < -0.4 is 10.7 Å². The summed E-state index contributed by atoms with van der Waals surface area (Å²) in [4.78, 5) is 26.4. The second-order valence-corrected chi connectivity index (χ2v) is 5.32. The number of nitrogens with one attached hydrogen (secondary N) is 2. The van der Waals surface area contributed by atoms with E-state index < -0.39 is 6.09 Å². The van der Waals surface area contributed by atoms with Crippen molar-refractivity contribution in [1.82, 2.24) is 10.3 Å². The molecule has 1 amide bonds. The third-order valence-electron chi connectivity index (χ3n) is 3.53. The molecule has 0 saturated carbocycles. The zero-order chi connectivity index (χ0) is 17.5. The Morgan fingerprint density at radius 3 is 2.80 bits per heavy atom. The highest BCUT2D eigenvalue weighted by Gasteiger charge is 2.00. The number of benzene rings is 2. The summed E-state index contributed by atoms with van der Waals surface area (Å²) in [6, 6.07) is 16.3. The molecule has 0 radical (unpaired) electrons. The number of fused-ring (bicyclic) bond motifs is 1. The van der Waals surface area contributed by atoms with Crippen molar-refractivity contribution in [3.05, 3.63) is 82.1 Å². The predicted octanol–water partition coefficient (Wildman–Crippen LogP) is 2.81. The molecule has 0 spiro atoms. The van der Waals surface area contributed by atoms with Crippen LogP contribution in [0.3, 0.4) is 0 Å². The maximum atomic E-state index is 11.8. The molecule has 0 bridgehead atoms. The number of amides is 1. The Hall–Kier alpha value is -3.52. The van der Waals surface area contributed by atoms with Gasteiger partial charge in [0.05, 0.1) is 6.54 Å². The minimum absolute atomic E-state index is 0.0555. The van der Waals surface area contributed by atoms with Gasteiger partial charge < -0.3 is 15.0 Å². The van der Waals surface area contributed by atoms with Gasteiger partial charge in [0.15, 0.2) is 5.43 Å². The first-order chi connectivity index (χ1) is 12.2. The predicted molar refractivity (Wildman–Crippen MR) is 96.1 cm³/mol. The number of aromatic amines is 1. The fourth-order valence-corrected chi connectivity index (χ4v) is 2.29. The van der Waals surface area contributed by atoms with Crippen molar-refractivity contribution in [2.45, 2.75) is 6.61 Å². The summed E-state index contributed by atoms with van der Waals surface area (Å²) in [5, 5.41) is 3.16. The lowest BCUT2D eigenvalue weighted by molar-refractivity contribution is 0.141. The average Bonchev–Trinajstić information content (AvgIpc) is 2.65. The topological polar surface area (TPSA) is 71.2 Å². The van der Waals surface area contributed by atoms with Gasteiger partial charge in [-0.25, -0.2) is 4.79 Å². The van der Waals surface area contributed by atoms with Gasteiger partial charge >= 0.3 is 6.09 Å². The number of carbonyl (C=O) groups is 1. The number of aromatic nitrogens is 1. The van der Waals surface area contributed by atoms with Crippen LogP contribution in [0.5, 0.6) is 0 Å². The molecule has 0 unspecified atom stereocenters. The zero-order valence-electron chi connectivity index (χ0n) is 13.4. The maximum absolute atomic E-state index is 11.8. The summed E-state index contributed by atoms with van der Waals surface area (Å²) in [7, 11) is 0. The van der Waals surface area contributed by atoms with E-state index in [1.807, 2.05) is 42.5 Å². The summed E-state index contributed by atoms with van der Waals surface area (Å²) in [6.45, 7) is 0.379. The Bertz CT molecular complexity index is 998. The van der Waals surface area contributed by atoms with Gasteiger partial charge in [0.25, 0.3) is 0 Å². The highest BCUT2D eigenvalue weighted by atomic mass is 16.5. The fraction of sp³-hybridized carbons (Fsp3) is 0.100. The standard InChI is InChI=1S/C20H16N2O3/c23-19-10-12-21-18-9-8-15(13-17(18)19)7-4-11-22-20(24)25-14-16-5-2-1-3-6-16/h1-3,5-6,8-10,12-13H,11,14H2,(H,21,23)(H,22,24). The number of pyridine rings is 1. The quantitative estimate of drug-likeness (QED) is 0.725. The summed E-state index contributed by atoms with van der Waals surface area (Å²) in [6.07, 6.45) is 1.09. The van der Waals surface area contributed by atoms with Crippen molar-refractivity contribution in [1.29, 1.82) is 0 Å². The molecule has 5 nitrogen and oxygen atoms in total. The van der Waals surface area contributed by atoms with Gasteiger partial charge in [-0.2, -0.15) is 0 Å². The van der Waals surface area contributed by atoms with Crippen LogP contribution in [0.2, 0.25) is 0 Å². The Morgan fingerprint density at radius 2 is 1.96 bits per heavy atom. The van der Waals surface area contributed by atoms with Crippen molar-refractivity contribution in [2.24, 2.45) is 0 Å². The molecule has 3 rings (SSSR count). The number of rotatable bonds is 3. The first-order valence-electron chi connectivity index (χ1n) is 7.77. The first kappa shape index (κ1) is 16.3. The molecular weight excluding hydrogens is 316 g/mol. The largest absolute Gasteiger partial charge is 0.445 e. The van der Waals surface area contributed by atoms with Crippen LogP contribution in [0.1, 0.15) is 11.1 Å². The Labute approximate surface area is 144 Å². The normalized spacial score (nSPS) is 9.92. The summed E-state index contributed by atoms with van der Waals surface area (Å²) in [5.74, 6) is 5.76. The van der Waals surface area contributed by atoms with Gasteiger partial charge in [0, 0.05) is 28.7 Å². The minimum atomic E-state index is -0.520. The van der Waals surface area contributed by atoms with Crippen molar-refractivity contribution >= 4 is 17.0 Å². The van der Waals surface area contributed by atoms with E-state index in [0.717, 1.165) is 11.1 Å². The van der Waals surface area contributed by atoms with Gasteiger partial charge in [0.2, 0.25) is 0 Å². The SMILES string of the molecule is O=C(NCC#Cc1ccc2[nH]ccc(=O)c2c1)OCc1ccccc1. The zero-order valence-corrected chi connectivity index (χ0v) is 13.4. The Kier molecular flexibility index (Phi) is 5.13. The van der Waals surface area contributed by atoms with E-state index in [9.17, 15) is 9.59 Å². The number of H-pyrrole nitrogens is 1. The monoisotopic (exact) mass is 332 g/mol. The highest BCUT2D eigenvalue weighted by molar-refractivity contribution is 5.79. The lowest BCUT2D eigenvalue weighted by atomic mass is 10.1. The molecule has 1 aromatic heterocycles. The van der Waals surface area contributed by atoms with E-state index in [1.165, 1.54) is 6.07 Å². The lowest BCUT2D eigenvalue weighted by Gasteiger charge is -2.04. The molecule has 0 aliphatic carbocycles. The van der Waals surface area contributed by atoms with Crippen molar-refractivity contribution in [3.8, 4) is 11.8 Å².